The zero-order valence-corrected chi connectivity index (χ0v) is 18.3. The van der Waals surface area contributed by atoms with Crippen LogP contribution in [0.5, 0.6) is 11.5 Å². The van der Waals surface area contributed by atoms with Gasteiger partial charge in [-0.05, 0) is 37.4 Å². The monoisotopic (exact) mass is 420 g/mol. The van der Waals surface area contributed by atoms with Gasteiger partial charge in [-0.15, -0.1) is 11.3 Å². The Morgan fingerprint density at radius 3 is 2.46 bits per heavy atom. The number of rotatable bonds is 9. The van der Waals surface area contributed by atoms with Gasteiger partial charge in [0.25, 0.3) is 5.91 Å². The van der Waals surface area contributed by atoms with Gasteiger partial charge in [0, 0.05) is 0 Å². The summed E-state index contributed by atoms with van der Waals surface area (Å²) in [5.41, 5.74) is 0.723. The average molecular weight is 421 g/mol. The van der Waals surface area contributed by atoms with Crippen molar-refractivity contribution in [2.75, 3.05) is 45.3 Å². The van der Waals surface area contributed by atoms with Crippen LogP contribution in [0.2, 0.25) is 0 Å². The fourth-order valence-electron chi connectivity index (χ4n) is 3.08. The molecular weight excluding hydrogens is 394 g/mol. The Hall–Kier alpha value is -2.16. The van der Waals surface area contributed by atoms with Crippen LogP contribution >= 0.6 is 22.7 Å². The van der Waals surface area contributed by atoms with E-state index in [1.165, 1.54) is 27.6 Å². The van der Waals surface area contributed by atoms with E-state index in [0.29, 0.717) is 22.3 Å². The van der Waals surface area contributed by atoms with E-state index in [-0.39, 0.29) is 5.91 Å². The highest BCUT2D eigenvalue weighted by Crippen LogP contribution is 2.40. The van der Waals surface area contributed by atoms with Crippen molar-refractivity contribution in [3.63, 3.8) is 0 Å². The number of amides is 1. The molecule has 1 amide bonds. The smallest absolute Gasteiger partial charge is 0.270 e. The predicted molar refractivity (Wildman–Crippen MR) is 116 cm³/mol. The first-order valence-electron chi connectivity index (χ1n) is 9.33. The van der Waals surface area contributed by atoms with Gasteiger partial charge in [-0.1, -0.05) is 17.4 Å². The first kappa shape index (κ1) is 20.6. The van der Waals surface area contributed by atoms with Crippen LogP contribution in [0.15, 0.2) is 29.6 Å². The van der Waals surface area contributed by atoms with Crippen molar-refractivity contribution in [1.29, 1.82) is 0 Å². The number of likely N-dealkylation sites (N-methyl/N-ethyl adjacent to an activating group) is 1. The second-order valence-electron chi connectivity index (χ2n) is 6.29. The largest absolute Gasteiger partial charge is 0.495 e. The number of thiophene rings is 1. The highest BCUT2D eigenvalue weighted by Gasteiger charge is 2.25. The molecule has 0 aliphatic rings. The van der Waals surface area contributed by atoms with E-state index in [2.05, 4.69) is 13.8 Å². The lowest BCUT2D eigenvalue weighted by Crippen LogP contribution is -3.12. The predicted octanol–water partition coefficient (Wildman–Crippen LogP) is 2.95. The molecule has 0 unspecified atom stereocenters. The van der Waals surface area contributed by atoms with Gasteiger partial charge < -0.3 is 14.4 Å². The van der Waals surface area contributed by atoms with Crippen molar-refractivity contribution < 1.29 is 19.2 Å². The van der Waals surface area contributed by atoms with Crippen LogP contribution < -0.4 is 19.3 Å². The quantitative estimate of drug-likeness (QED) is 0.578. The standard InChI is InChI=1S/C20H25N3O3S2/c1-5-22(6-2)11-12-23(19(24)16-8-7-13-27-16)20-21-17-14(25-3)9-10-15(26-4)18(17)28-20/h7-10,13H,5-6,11-12H2,1-4H3/p+1. The second-order valence-corrected chi connectivity index (χ2v) is 8.21. The van der Waals surface area contributed by atoms with Crippen LogP contribution in [0.4, 0.5) is 5.13 Å². The second kappa shape index (κ2) is 9.36. The van der Waals surface area contributed by atoms with Crippen molar-refractivity contribution in [3.05, 3.63) is 34.5 Å². The zero-order chi connectivity index (χ0) is 20.1. The first-order chi connectivity index (χ1) is 13.6. The Bertz CT molecular complexity index is 879. The van der Waals surface area contributed by atoms with Gasteiger partial charge in [-0.25, -0.2) is 4.98 Å². The number of nitrogens with zero attached hydrogens (tertiary/aromatic N) is 2. The summed E-state index contributed by atoms with van der Waals surface area (Å²) in [5, 5.41) is 2.59. The number of benzene rings is 1. The number of ether oxygens (including phenoxy) is 2. The minimum Gasteiger partial charge on any atom is -0.495 e. The molecule has 2 aromatic heterocycles. The summed E-state index contributed by atoms with van der Waals surface area (Å²) in [7, 11) is 3.26. The Morgan fingerprint density at radius 1 is 1.14 bits per heavy atom. The molecule has 3 rings (SSSR count). The Labute approximate surface area is 173 Å². The van der Waals surface area contributed by atoms with Crippen molar-refractivity contribution in [2.24, 2.45) is 0 Å². The van der Waals surface area contributed by atoms with E-state index in [4.69, 9.17) is 14.5 Å². The molecular formula is C20H26N3O3S2+. The number of fused-ring (bicyclic) bond motifs is 1. The molecule has 0 atom stereocenters. The number of methoxy groups -OCH3 is 2. The van der Waals surface area contributed by atoms with E-state index in [9.17, 15) is 4.79 Å². The topological polar surface area (TPSA) is 56.1 Å². The number of carbonyl (C=O) groups is 1. The van der Waals surface area contributed by atoms with Gasteiger partial charge in [0.15, 0.2) is 5.13 Å². The first-order valence-corrected chi connectivity index (χ1v) is 11.0. The molecule has 1 N–H and O–H groups in total. The maximum Gasteiger partial charge on any atom is 0.270 e. The number of hydrogen-bond donors (Lipinski definition) is 1. The summed E-state index contributed by atoms with van der Waals surface area (Å²) >= 11 is 2.91. The van der Waals surface area contributed by atoms with Gasteiger partial charge in [0.05, 0.1) is 45.3 Å². The molecule has 0 spiro atoms. The van der Waals surface area contributed by atoms with Crippen molar-refractivity contribution in [1.82, 2.24) is 4.98 Å². The number of nitrogens with one attached hydrogen (secondary N) is 1. The number of anilines is 1. The molecule has 28 heavy (non-hydrogen) atoms. The molecule has 0 saturated heterocycles. The molecule has 0 fully saturated rings. The summed E-state index contributed by atoms with van der Waals surface area (Å²) in [4.78, 5) is 21.9. The molecule has 0 saturated carbocycles. The summed E-state index contributed by atoms with van der Waals surface area (Å²) in [6.45, 7) is 7.86. The zero-order valence-electron chi connectivity index (χ0n) is 16.7. The van der Waals surface area contributed by atoms with Crippen LogP contribution in [0.25, 0.3) is 10.2 Å². The summed E-state index contributed by atoms with van der Waals surface area (Å²) in [6, 6.07) is 7.47. The molecule has 0 aliphatic heterocycles. The molecule has 3 aromatic rings. The molecule has 1 aromatic carbocycles. The van der Waals surface area contributed by atoms with Gasteiger partial charge in [0.1, 0.15) is 21.7 Å². The van der Waals surface area contributed by atoms with E-state index < -0.39 is 0 Å². The normalized spacial score (nSPS) is 11.2. The number of quaternary nitrogens is 1. The third kappa shape index (κ3) is 4.14. The third-order valence-corrected chi connectivity index (χ3v) is 6.75. The van der Waals surface area contributed by atoms with E-state index in [0.717, 1.165) is 35.6 Å². The molecule has 2 heterocycles. The van der Waals surface area contributed by atoms with Crippen LogP contribution in [-0.2, 0) is 0 Å². The average Bonchev–Trinajstić information content (AvgIpc) is 3.40. The SMILES string of the molecule is CC[NH+](CC)CCN(C(=O)c1cccs1)c1nc2c(OC)ccc(OC)c2s1. The molecule has 0 bridgehead atoms. The van der Waals surface area contributed by atoms with Crippen LogP contribution in [0, 0.1) is 0 Å². The molecule has 150 valence electrons. The van der Waals surface area contributed by atoms with Gasteiger partial charge in [-0.2, -0.15) is 0 Å². The lowest BCUT2D eigenvalue weighted by atomic mass is 10.3. The summed E-state index contributed by atoms with van der Waals surface area (Å²) < 4.78 is 11.8. The minimum absolute atomic E-state index is 0.0152. The van der Waals surface area contributed by atoms with Gasteiger partial charge >= 0.3 is 0 Å². The maximum absolute atomic E-state index is 13.2. The molecule has 0 radical (unpaired) electrons. The number of carbonyl (C=O) groups excluding carboxylic acids is 1. The highest BCUT2D eigenvalue weighted by atomic mass is 32.1. The highest BCUT2D eigenvalue weighted by molar-refractivity contribution is 7.23. The number of thiazole rings is 1. The van der Waals surface area contributed by atoms with Crippen molar-refractivity contribution >= 4 is 43.9 Å². The van der Waals surface area contributed by atoms with Crippen LogP contribution in [0.1, 0.15) is 23.5 Å². The number of aromatic nitrogens is 1. The van der Waals surface area contributed by atoms with Crippen LogP contribution in [0.3, 0.4) is 0 Å². The van der Waals surface area contributed by atoms with Gasteiger partial charge in [-0.3, -0.25) is 9.69 Å². The lowest BCUT2D eigenvalue weighted by Gasteiger charge is -2.22. The molecule has 8 heteroatoms. The molecule has 6 nitrogen and oxygen atoms in total. The Morgan fingerprint density at radius 2 is 1.86 bits per heavy atom. The lowest BCUT2D eigenvalue weighted by molar-refractivity contribution is -0.894. The minimum atomic E-state index is -0.0152. The summed E-state index contributed by atoms with van der Waals surface area (Å²) in [5.74, 6) is 1.40. The van der Waals surface area contributed by atoms with E-state index >= 15 is 0 Å². The van der Waals surface area contributed by atoms with Crippen LogP contribution in [-0.4, -0.2) is 51.3 Å². The van der Waals surface area contributed by atoms with E-state index in [1.54, 1.807) is 19.1 Å². The van der Waals surface area contributed by atoms with Crippen molar-refractivity contribution in [3.8, 4) is 11.5 Å². The van der Waals surface area contributed by atoms with E-state index in [1.807, 2.05) is 29.6 Å². The fraction of sp³-hybridized carbons (Fsp3) is 0.400. The molecule has 0 aliphatic carbocycles. The summed E-state index contributed by atoms with van der Waals surface area (Å²) in [6.07, 6.45) is 0. The maximum atomic E-state index is 13.2. The third-order valence-electron chi connectivity index (χ3n) is 4.80. The van der Waals surface area contributed by atoms with Gasteiger partial charge in [0.2, 0.25) is 0 Å². The Kier molecular flexibility index (Phi) is 6.88. The van der Waals surface area contributed by atoms with Crippen molar-refractivity contribution in [2.45, 2.75) is 13.8 Å². The number of hydrogen-bond acceptors (Lipinski definition) is 6. The fourth-order valence-corrected chi connectivity index (χ4v) is 4.85. The Balaban J connectivity index is 2.02.